The third-order valence-electron chi connectivity index (χ3n) is 5.29. The maximum atomic E-state index is 12.8. The summed E-state index contributed by atoms with van der Waals surface area (Å²) in [6.07, 6.45) is 2.40. The number of hydrogen-bond donors (Lipinski definition) is 0. The van der Waals surface area contributed by atoms with E-state index in [2.05, 4.69) is 4.98 Å². The van der Waals surface area contributed by atoms with Crippen LogP contribution in [0, 0.1) is 10.1 Å². The predicted molar refractivity (Wildman–Crippen MR) is 117 cm³/mol. The van der Waals surface area contributed by atoms with Crippen molar-refractivity contribution < 1.29 is 13.3 Å². The molecule has 31 heavy (non-hydrogen) atoms. The van der Waals surface area contributed by atoms with Crippen LogP contribution < -0.4 is 5.56 Å². The summed E-state index contributed by atoms with van der Waals surface area (Å²) in [5.74, 6) is 0. The molecular formula is C19H21N5O5S2. The third kappa shape index (κ3) is 4.24. The summed E-state index contributed by atoms with van der Waals surface area (Å²) in [6, 6.07) is 6.78. The van der Waals surface area contributed by atoms with Crippen molar-refractivity contribution in [2.45, 2.75) is 24.9 Å². The monoisotopic (exact) mass is 463 g/mol. The Hall–Kier alpha value is -2.67. The van der Waals surface area contributed by atoms with Crippen molar-refractivity contribution in [2.24, 2.45) is 0 Å². The van der Waals surface area contributed by atoms with Crippen molar-refractivity contribution >= 4 is 37.3 Å². The summed E-state index contributed by atoms with van der Waals surface area (Å²) < 4.78 is 28.6. The maximum absolute atomic E-state index is 12.8. The molecule has 0 spiro atoms. The number of hydrogen-bond acceptors (Lipinski definition) is 8. The quantitative estimate of drug-likeness (QED) is 0.404. The Bertz CT molecular complexity index is 1280. The highest BCUT2D eigenvalue weighted by atomic mass is 32.2. The number of benzene rings is 1. The molecule has 4 rings (SSSR count). The van der Waals surface area contributed by atoms with Crippen LogP contribution in [0.3, 0.4) is 0 Å². The van der Waals surface area contributed by atoms with Crippen LogP contribution in [0.15, 0.2) is 46.3 Å². The minimum absolute atomic E-state index is 0.0293. The van der Waals surface area contributed by atoms with Gasteiger partial charge in [-0.2, -0.15) is 4.31 Å². The van der Waals surface area contributed by atoms with E-state index in [1.807, 2.05) is 17.9 Å². The molecule has 3 heterocycles. The molecule has 0 unspecified atom stereocenters. The van der Waals surface area contributed by atoms with Crippen LogP contribution in [0.2, 0.25) is 0 Å². The molecule has 3 aromatic rings. The van der Waals surface area contributed by atoms with Crippen molar-refractivity contribution in [3.63, 3.8) is 0 Å². The Kier molecular flexibility index (Phi) is 5.88. The average Bonchev–Trinajstić information content (AvgIpc) is 3.20. The molecule has 2 aromatic heterocycles. The number of nitrogens with zero attached hydrogens (tertiary/aromatic N) is 5. The fourth-order valence-corrected chi connectivity index (χ4v) is 5.85. The van der Waals surface area contributed by atoms with E-state index in [0.717, 1.165) is 16.1 Å². The smallest absolute Gasteiger partial charge is 0.269 e. The molecule has 1 aliphatic rings. The van der Waals surface area contributed by atoms with Crippen molar-refractivity contribution in [3.05, 3.63) is 62.0 Å². The fraction of sp³-hybridized carbons (Fsp3) is 0.368. The lowest BCUT2D eigenvalue weighted by Crippen LogP contribution is -2.49. The van der Waals surface area contributed by atoms with Crippen LogP contribution >= 0.6 is 11.3 Å². The van der Waals surface area contributed by atoms with Gasteiger partial charge in [0.15, 0.2) is 0 Å². The molecule has 10 nitrogen and oxygen atoms in total. The molecule has 164 valence electrons. The van der Waals surface area contributed by atoms with Gasteiger partial charge in [-0.05, 0) is 24.6 Å². The predicted octanol–water partition coefficient (Wildman–Crippen LogP) is 1.89. The van der Waals surface area contributed by atoms with Crippen LogP contribution in [0.4, 0.5) is 5.69 Å². The van der Waals surface area contributed by atoms with Crippen molar-refractivity contribution in [2.75, 3.05) is 26.2 Å². The van der Waals surface area contributed by atoms with E-state index in [-0.39, 0.29) is 29.2 Å². The standard InChI is InChI=1S/C19H21N5O5S2/c1-2-15-11-17-18(30-15)20-12-22(19(17)25)13-21-7-9-23(10-8-21)31(28,29)16-5-3-14(4-6-16)24(26)27/h3-6,11-12H,2,7-10,13H2,1H3. The van der Waals surface area contributed by atoms with Gasteiger partial charge < -0.3 is 0 Å². The van der Waals surface area contributed by atoms with Gasteiger partial charge in [0.25, 0.3) is 11.2 Å². The molecule has 0 aliphatic carbocycles. The van der Waals surface area contributed by atoms with Gasteiger partial charge in [-0.15, -0.1) is 11.3 Å². The van der Waals surface area contributed by atoms with E-state index in [4.69, 9.17) is 0 Å². The first-order valence-electron chi connectivity index (χ1n) is 9.74. The number of thiophene rings is 1. The van der Waals surface area contributed by atoms with E-state index in [0.29, 0.717) is 25.1 Å². The summed E-state index contributed by atoms with van der Waals surface area (Å²) in [6.45, 7) is 3.82. The maximum Gasteiger partial charge on any atom is 0.269 e. The SMILES string of the molecule is CCc1cc2c(=O)n(CN3CCN(S(=O)(=O)c4ccc([N+](=O)[O-])cc4)CC3)cnc2s1. The van der Waals surface area contributed by atoms with Gasteiger partial charge in [0, 0.05) is 43.2 Å². The number of fused-ring (bicyclic) bond motifs is 1. The Labute approximate surface area is 182 Å². The number of rotatable bonds is 6. The number of nitro benzene ring substituents is 1. The number of aromatic nitrogens is 2. The van der Waals surface area contributed by atoms with Crippen LogP contribution in [0.25, 0.3) is 10.2 Å². The molecule has 0 amide bonds. The molecule has 0 bridgehead atoms. The zero-order valence-corrected chi connectivity index (χ0v) is 18.4. The van der Waals surface area contributed by atoms with Crippen molar-refractivity contribution in [3.8, 4) is 0 Å². The molecule has 0 saturated carbocycles. The van der Waals surface area contributed by atoms with E-state index >= 15 is 0 Å². The topological polar surface area (TPSA) is 119 Å². The van der Waals surface area contributed by atoms with Gasteiger partial charge in [-0.3, -0.25) is 24.4 Å². The summed E-state index contributed by atoms with van der Waals surface area (Å²) in [4.78, 5) is 31.2. The van der Waals surface area contributed by atoms with Crippen LogP contribution in [0.1, 0.15) is 11.8 Å². The molecule has 12 heteroatoms. The minimum Gasteiger partial charge on any atom is -0.285 e. The summed E-state index contributed by atoms with van der Waals surface area (Å²) in [5, 5.41) is 11.4. The van der Waals surface area contributed by atoms with Crippen molar-refractivity contribution in [1.82, 2.24) is 18.8 Å². The Balaban J connectivity index is 1.44. The fourth-order valence-electron chi connectivity index (χ4n) is 3.50. The number of non-ortho nitro benzene ring substituents is 1. The van der Waals surface area contributed by atoms with Gasteiger partial charge in [-0.1, -0.05) is 6.92 Å². The lowest BCUT2D eigenvalue weighted by molar-refractivity contribution is -0.384. The largest absolute Gasteiger partial charge is 0.285 e. The van der Waals surface area contributed by atoms with E-state index in [9.17, 15) is 23.3 Å². The minimum atomic E-state index is -3.73. The Morgan fingerprint density at radius 3 is 2.45 bits per heavy atom. The highest BCUT2D eigenvalue weighted by molar-refractivity contribution is 7.89. The summed E-state index contributed by atoms with van der Waals surface area (Å²) in [5.41, 5.74) is -0.252. The first-order valence-corrected chi connectivity index (χ1v) is 12.0. The second kappa shape index (κ2) is 8.46. The lowest BCUT2D eigenvalue weighted by Gasteiger charge is -2.34. The van der Waals surface area contributed by atoms with Crippen molar-refractivity contribution in [1.29, 1.82) is 0 Å². The van der Waals surface area contributed by atoms with Gasteiger partial charge >= 0.3 is 0 Å². The Morgan fingerprint density at radius 2 is 1.84 bits per heavy atom. The zero-order chi connectivity index (χ0) is 22.2. The number of nitro groups is 1. The van der Waals surface area contributed by atoms with E-state index in [1.54, 1.807) is 10.9 Å². The first-order chi connectivity index (χ1) is 14.8. The summed E-state index contributed by atoms with van der Waals surface area (Å²) >= 11 is 1.52. The molecule has 1 fully saturated rings. The first kappa shape index (κ1) is 21.6. The number of sulfonamides is 1. The van der Waals surface area contributed by atoms with Gasteiger partial charge in [0.05, 0.1) is 21.9 Å². The van der Waals surface area contributed by atoms with Crippen LogP contribution in [-0.4, -0.2) is 58.3 Å². The second-order valence-corrected chi connectivity index (χ2v) is 10.3. The molecule has 0 radical (unpaired) electrons. The van der Waals surface area contributed by atoms with Crippen LogP contribution in [-0.2, 0) is 23.1 Å². The molecule has 1 aliphatic heterocycles. The molecule has 0 N–H and O–H groups in total. The van der Waals surface area contributed by atoms with Gasteiger partial charge in [0.2, 0.25) is 10.0 Å². The molecule has 1 saturated heterocycles. The van der Waals surface area contributed by atoms with Crippen LogP contribution in [0.5, 0.6) is 0 Å². The zero-order valence-electron chi connectivity index (χ0n) is 16.8. The highest BCUT2D eigenvalue weighted by Gasteiger charge is 2.29. The molecular weight excluding hydrogens is 442 g/mol. The third-order valence-corrected chi connectivity index (χ3v) is 8.39. The highest BCUT2D eigenvalue weighted by Crippen LogP contribution is 2.22. The average molecular weight is 464 g/mol. The normalized spacial score (nSPS) is 16.0. The Morgan fingerprint density at radius 1 is 1.16 bits per heavy atom. The second-order valence-electron chi connectivity index (χ2n) is 7.22. The van der Waals surface area contributed by atoms with Gasteiger partial charge in [-0.25, -0.2) is 13.4 Å². The molecule has 1 aromatic carbocycles. The van der Waals surface area contributed by atoms with Gasteiger partial charge in [0.1, 0.15) is 11.2 Å². The van der Waals surface area contributed by atoms with E-state index in [1.165, 1.54) is 39.9 Å². The summed E-state index contributed by atoms with van der Waals surface area (Å²) in [7, 11) is -3.73. The lowest BCUT2D eigenvalue weighted by atomic mass is 10.3. The van der Waals surface area contributed by atoms with E-state index < -0.39 is 14.9 Å². The molecule has 0 atom stereocenters. The number of piperazine rings is 1. The number of aryl methyl sites for hydroxylation is 1.